The molecule has 0 fully saturated rings. The van der Waals surface area contributed by atoms with E-state index in [1.807, 2.05) is 4.98 Å². The number of ether oxygens (including phenoxy) is 1. The summed E-state index contributed by atoms with van der Waals surface area (Å²) < 4.78 is 19.0. The fourth-order valence-electron chi connectivity index (χ4n) is 1.68. The van der Waals surface area contributed by atoms with E-state index in [0.717, 1.165) is 22.9 Å². The van der Waals surface area contributed by atoms with E-state index in [-0.39, 0.29) is 10.7 Å². The van der Waals surface area contributed by atoms with Gasteiger partial charge in [-0.05, 0) is 18.2 Å². The van der Waals surface area contributed by atoms with E-state index >= 15 is 0 Å². The quantitative estimate of drug-likeness (QED) is 0.759. The molecule has 8 nitrogen and oxygen atoms in total. The lowest BCUT2D eigenvalue weighted by molar-refractivity contribution is -0.148. The molecule has 0 unspecified atom stereocenters. The molecule has 0 bridgehead atoms. The van der Waals surface area contributed by atoms with Gasteiger partial charge >= 0.3 is 11.7 Å². The molecule has 2 N–H and O–H groups in total. The van der Waals surface area contributed by atoms with Crippen molar-refractivity contribution in [1.82, 2.24) is 9.55 Å². The maximum Gasteiger partial charge on any atom is 0.328 e. The minimum Gasteiger partial charge on any atom is -0.454 e. The van der Waals surface area contributed by atoms with Gasteiger partial charge in [-0.1, -0.05) is 11.6 Å². The minimum absolute atomic E-state index is 0.152. The molecule has 0 spiro atoms. The number of carbonyl (C=O) groups is 2. The number of aromatic amines is 1. The Kier molecular flexibility index (Phi) is 5.48. The van der Waals surface area contributed by atoms with Gasteiger partial charge < -0.3 is 10.1 Å². The second-order valence-corrected chi connectivity index (χ2v) is 5.01. The van der Waals surface area contributed by atoms with E-state index in [9.17, 15) is 23.6 Å². The van der Waals surface area contributed by atoms with Gasteiger partial charge in [-0.3, -0.25) is 23.9 Å². The second-order valence-electron chi connectivity index (χ2n) is 4.57. The Morgan fingerprint density at radius 2 is 2.04 bits per heavy atom. The Morgan fingerprint density at radius 1 is 1.29 bits per heavy atom. The van der Waals surface area contributed by atoms with E-state index in [4.69, 9.17) is 11.6 Å². The van der Waals surface area contributed by atoms with Gasteiger partial charge in [0.15, 0.2) is 6.61 Å². The molecular weight excluding hydrogens is 345 g/mol. The predicted octanol–water partition coefficient (Wildman–Crippen LogP) is 0.511. The second kappa shape index (κ2) is 7.55. The van der Waals surface area contributed by atoms with Crippen LogP contribution < -0.4 is 16.6 Å². The Labute approximate surface area is 138 Å². The third-order valence-corrected chi connectivity index (χ3v) is 3.00. The highest BCUT2D eigenvalue weighted by molar-refractivity contribution is 6.30. The van der Waals surface area contributed by atoms with E-state index in [1.165, 1.54) is 12.1 Å². The molecule has 0 aliphatic rings. The summed E-state index contributed by atoms with van der Waals surface area (Å²) >= 11 is 5.68. The van der Waals surface area contributed by atoms with Crippen LogP contribution in [0, 0.1) is 5.82 Å². The Morgan fingerprint density at radius 3 is 2.75 bits per heavy atom. The zero-order valence-electron chi connectivity index (χ0n) is 12.0. The van der Waals surface area contributed by atoms with E-state index < -0.39 is 42.1 Å². The summed E-state index contributed by atoms with van der Waals surface area (Å²) in [5.74, 6) is -2.36. The van der Waals surface area contributed by atoms with Gasteiger partial charge in [-0.25, -0.2) is 9.18 Å². The minimum atomic E-state index is -0.883. The van der Waals surface area contributed by atoms with Crippen LogP contribution in [0.2, 0.25) is 5.02 Å². The van der Waals surface area contributed by atoms with E-state index in [0.29, 0.717) is 0 Å². The molecule has 1 aromatic carbocycles. The number of H-pyrrole nitrogens is 1. The molecule has 0 saturated heterocycles. The van der Waals surface area contributed by atoms with Crippen molar-refractivity contribution in [1.29, 1.82) is 0 Å². The van der Waals surface area contributed by atoms with Crippen LogP contribution in [0.5, 0.6) is 0 Å². The van der Waals surface area contributed by atoms with Crippen LogP contribution >= 0.6 is 11.6 Å². The first-order valence-electron chi connectivity index (χ1n) is 6.55. The maximum absolute atomic E-state index is 13.4. The summed E-state index contributed by atoms with van der Waals surface area (Å²) in [6.45, 7) is -1.17. The SMILES string of the molecule is O=C(COC(=O)Cn1ccc(=O)[nH]c1=O)Nc1cc(Cl)ccc1F. The topological polar surface area (TPSA) is 110 Å². The number of nitrogens with one attached hydrogen (secondary N) is 2. The number of carbonyl (C=O) groups excluding carboxylic acids is 2. The molecule has 0 radical (unpaired) electrons. The van der Waals surface area contributed by atoms with Gasteiger partial charge in [-0.2, -0.15) is 0 Å². The molecule has 24 heavy (non-hydrogen) atoms. The van der Waals surface area contributed by atoms with Gasteiger partial charge in [0.2, 0.25) is 0 Å². The largest absolute Gasteiger partial charge is 0.454 e. The zero-order valence-corrected chi connectivity index (χ0v) is 12.8. The Hall–Kier alpha value is -2.94. The number of benzene rings is 1. The van der Waals surface area contributed by atoms with Crippen LogP contribution in [0.15, 0.2) is 40.1 Å². The highest BCUT2D eigenvalue weighted by atomic mass is 35.5. The molecule has 0 saturated carbocycles. The summed E-state index contributed by atoms with van der Waals surface area (Å²) in [7, 11) is 0. The van der Waals surface area contributed by atoms with E-state index in [1.54, 1.807) is 0 Å². The predicted molar refractivity (Wildman–Crippen MR) is 82.3 cm³/mol. The van der Waals surface area contributed by atoms with Crippen molar-refractivity contribution < 1.29 is 18.7 Å². The van der Waals surface area contributed by atoms with Crippen LogP contribution in [-0.2, 0) is 20.9 Å². The molecular formula is C14H11ClFN3O5. The third kappa shape index (κ3) is 4.78. The smallest absolute Gasteiger partial charge is 0.328 e. The summed E-state index contributed by atoms with van der Waals surface area (Å²) in [5, 5.41) is 2.42. The number of hydrogen-bond acceptors (Lipinski definition) is 5. The van der Waals surface area contributed by atoms with Crippen LogP contribution in [-0.4, -0.2) is 28.0 Å². The number of rotatable bonds is 5. The number of anilines is 1. The number of hydrogen-bond donors (Lipinski definition) is 2. The first-order chi connectivity index (χ1) is 11.3. The number of halogens is 2. The highest BCUT2D eigenvalue weighted by Crippen LogP contribution is 2.19. The molecule has 0 aliphatic carbocycles. The van der Waals surface area contributed by atoms with Crippen molar-refractivity contribution >= 4 is 29.2 Å². The molecule has 126 valence electrons. The Bertz CT molecular complexity index is 892. The molecule has 1 heterocycles. The summed E-state index contributed by atoms with van der Waals surface area (Å²) in [6.07, 6.45) is 1.11. The van der Waals surface area contributed by atoms with Gasteiger partial charge in [0, 0.05) is 17.3 Å². The summed E-state index contributed by atoms with van der Waals surface area (Å²) in [6, 6.07) is 4.65. The average molecular weight is 356 g/mol. The molecule has 0 atom stereocenters. The monoisotopic (exact) mass is 355 g/mol. The lowest BCUT2D eigenvalue weighted by atomic mass is 10.3. The Balaban J connectivity index is 1.89. The van der Waals surface area contributed by atoms with Gasteiger partial charge in [0.25, 0.3) is 11.5 Å². The summed E-state index contributed by atoms with van der Waals surface area (Å²) in [5.41, 5.74) is -1.54. The first-order valence-corrected chi connectivity index (χ1v) is 6.93. The molecule has 0 aliphatic heterocycles. The van der Waals surface area contributed by atoms with Crippen molar-refractivity contribution in [3.05, 3.63) is 62.1 Å². The number of esters is 1. The molecule has 1 aromatic heterocycles. The summed E-state index contributed by atoms with van der Waals surface area (Å²) in [4.78, 5) is 47.5. The van der Waals surface area contributed by atoms with Gasteiger partial charge in [0.1, 0.15) is 12.4 Å². The van der Waals surface area contributed by atoms with Crippen molar-refractivity contribution in [2.45, 2.75) is 6.54 Å². The average Bonchev–Trinajstić information content (AvgIpc) is 2.52. The standard InChI is InChI=1S/C14H11ClFN3O5/c15-8-1-2-9(16)10(5-8)17-12(21)7-24-13(22)6-19-4-3-11(20)18-14(19)23/h1-5H,6-7H2,(H,17,21)(H,18,20,23). The van der Waals surface area contributed by atoms with Crippen molar-refractivity contribution in [3.8, 4) is 0 Å². The normalized spacial score (nSPS) is 10.2. The fourth-order valence-corrected chi connectivity index (χ4v) is 1.85. The molecule has 2 aromatic rings. The van der Waals surface area contributed by atoms with Gasteiger partial charge in [-0.15, -0.1) is 0 Å². The fraction of sp³-hybridized carbons (Fsp3) is 0.143. The number of nitrogens with zero attached hydrogens (tertiary/aromatic N) is 1. The number of aromatic nitrogens is 2. The maximum atomic E-state index is 13.4. The van der Waals surface area contributed by atoms with Crippen molar-refractivity contribution in [2.24, 2.45) is 0 Å². The van der Waals surface area contributed by atoms with Crippen molar-refractivity contribution in [2.75, 3.05) is 11.9 Å². The van der Waals surface area contributed by atoms with Crippen LogP contribution in [0.3, 0.4) is 0 Å². The zero-order chi connectivity index (χ0) is 17.7. The van der Waals surface area contributed by atoms with Crippen LogP contribution in [0.25, 0.3) is 0 Å². The molecule has 2 rings (SSSR count). The van der Waals surface area contributed by atoms with E-state index in [2.05, 4.69) is 10.1 Å². The highest BCUT2D eigenvalue weighted by Gasteiger charge is 2.11. The third-order valence-electron chi connectivity index (χ3n) is 2.76. The van der Waals surface area contributed by atoms with Crippen molar-refractivity contribution in [3.63, 3.8) is 0 Å². The molecule has 1 amide bonds. The number of amides is 1. The van der Waals surface area contributed by atoms with Gasteiger partial charge in [0.05, 0.1) is 5.69 Å². The lowest BCUT2D eigenvalue weighted by Gasteiger charge is -2.08. The first kappa shape index (κ1) is 17.4. The van der Waals surface area contributed by atoms with Crippen LogP contribution in [0.4, 0.5) is 10.1 Å². The van der Waals surface area contributed by atoms with Crippen LogP contribution in [0.1, 0.15) is 0 Å². The lowest BCUT2D eigenvalue weighted by Crippen LogP contribution is -2.32. The molecule has 10 heteroatoms.